The number of aromatic nitrogens is 2. The molecule has 0 amide bonds. The molecule has 1 heterocycles. The molecule has 0 aromatic carbocycles. The van der Waals surface area contributed by atoms with Crippen LogP contribution >= 0.6 is 0 Å². The number of hydrogen-bond acceptors (Lipinski definition) is 2. The van der Waals surface area contributed by atoms with Crippen molar-refractivity contribution in [3.63, 3.8) is 0 Å². The lowest BCUT2D eigenvalue weighted by atomic mass is 9.98. The molecule has 0 radical (unpaired) electrons. The van der Waals surface area contributed by atoms with Gasteiger partial charge in [-0.3, -0.25) is 4.68 Å². The summed E-state index contributed by atoms with van der Waals surface area (Å²) in [6.45, 7) is 8.16. The van der Waals surface area contributed by atoms with Gasteiger partial charge < -0.3 is 5.32 Å². The minimum Gasteiger partial charge on any atom is -0.314 e. The molecule has 0 saturated heterocycles. The van der Waals surface area contributed by atoms with E-state index in [0.29, 0.717) is 11.5 Å². The largest absolute Gasteiger partial charge is 0.314 e. The van der Waals surface area contributed by atoms with Crippen LogP contribution < -0.4 is 5.32 Å². The molecule has 1 N–H and O–H groups in total. The molecule has 1 aromatic rings. The third-order valence-corrected chi connectivity index (χ3v) is 4.23. The maximum Gasteiger partial charge on any atom is 0.0521 e. The van der Waals surface area contributed by atoms with Gasteiger partial charge in [-0.25, -0.2) is 0 Å². The van der Waals surface area contributed by atoms with E-state index in [0.717, 1.165) is 18.9 Å². The zero-order valence-corrected chi connectivity index (χ0v) is 12.2. The maximum atomic E-state index is 4.24. The minimum atomic E-state index is 0.556. The van der Waals surface area contributed by atoms with E-state index in [9.17, 15) is 0 Å². The van der Waals surface area contributed by atoms with E-state index < -0.39 is 0 Å². The van der Waals surface area contributed by atoms with Crippen LogP contribution in [0.2, 0.25) is 0 Å². The lowest BCUT2D eigenvalue weighted by Crippen LogP contribution is -2.33. The van der Waals surface area contributed by atoms with Crippen LogP contribution in [0.1, 0.15) is 45.6 Å². The van der Waals surface area contributed by atoms with Crippen molar-refractivity contribution in [2.45, 2.75) is 52.5 Å². The molecule has 1 saturated carbocycles. The predicted molar refractivity (Wildman–Crippen MR) is 75.5 cm³/mol. The van der Waals surface area contributed by atoms with Crippen molar-refractivity contribution in [3.05, 3.63) is 18.0 Å². The second-order valence-corrected chi connectivity index (χ2v) is 6.42. The van der Waals surface area contributed by atoms with Crippen LogP contribution in [-0.4, -0.2) is 22.4 Å². The van der Waals surface area contributed by atoms with Crippen molar-refractivity contribution >= 4 is 0 Å². The number of rotatable bonds is 7. The van der Waals surface area contributed by atoms with Gasteiger partial charge in [0.15, 0.2) is 0 Å². The van der Waals surface area contributed by atoms with E-state index >= 15 is 0 Å². The van der Waals surface area contributed by atoms with Gasteiger partial charge >= 0.3 is 0 Å². The Balaban J connectivity index is 1.85. The number of nitrogens with zero attached hydrogens (tertiary/aromatic N) is 2. The van der Waals surface area contributed by atoms with E-state index in [1.165, 1.54) is 24.8 Å². The van der Waals surface area contributed by atoms with Crippen LogP contribution in [0.15, 0.2) is 12.4 Å². The Morgan fingerprint density at radius 1 is 1.56 bits per heavy atom. The van der Waals surface area contributed by atoms with E-state index in [1.807, 2.05) is 17.9 Å². The first-order chi connectivity index (χ1) is 8.53. The topological polar surface area (TPSA) is 29.9 Å². The minimum absolute atomic E-state index is 0.556. The first kappa shape index (κ1) is 13.6. The van der Waals surface area contributed by atoms with Crippen LogP contribution in [0.25, 0.3) is 0 Å². The predicted octanol–water partition coefficient (Wildman–Crippen LogP) is 2.77. The van der Waals surface area contributed by atoms with E-state index in [-0.39, 0.29) is 0 Å². The summed E-state index contributed by atoms with van der Waals surface area (Å²) in [5.74, 6) is 0.862. The van der Waals surface area contributed by atoms with Crippen LogP contribution in [0, 0.1) is 11.3 Å². The highest BCUT2D eigenvalue weighted by Crippen LogP contribution is 2.54. The van der Waals surface area contributed by atoms with Gasteiger partial charge in [0.25, 0.3) is 0 Å². The smallest absolute Gasteiger partial charge is 0.0521 e. The van der Waals surface area contributed by atoms with Gasteiger partial charge in [-0.1, -0.05) is 20.8 Å². The summed E-state index contributed by atoms with van der Waals surface area (Å²) in [5, 5.41) is 7.98. The SMILES string of the molecule is CCCNC(CCc1cnn(C)c1)C1CC1(C)C. The average molecular weight is 249 g/mol. The Morgan fingerprint density at radius 2 is 2.28 bits per heavy atom. The van der Waals surface area contributed by atoms with E-state index in [2.05, 4.69) is 37.4 Å². The molecule has 102 valence electrons. The van der Waals surface area contributed by atoms with Gasteiger partial charge in [-0.2, -0.15) is 5.10 Å². The fraction of sp³-hybridized carbons (Fsp3) is 0.800. The zero-order valence-electron chi connectivity index (χ0n) is 12.2. The summed E-state index contributed by atoms with van der Waals surface area (Å²) in [5.41, 5.74) is 1.92. The Labute approximate surface area is 111 Å². The molecule has 2 atom stereocenters. The molecule has 18 heavy (non-hydrogen) atoms. The normalized spacial score (nSPS) is 23.0. The van der Waals surface area contributed by atoms with Gasteiger partial charge in [0, 0.05) is 19.3 Å². The molecule has 3 nitrogen and oxygen atoms in total. The second kappa shape index (κ2) is 5.43. The summed E-state index contributed by atoms with van der Waals surface area (Å²) in [6, 6.07) is 0.681. The van der Waals surface area contributed by atoms with Crippen molar-refractivity contribution in [2.75, 3.05) is 6.54 Å². The van der Waals surface area contributed by atoms with Crippen molar-refractivity contribution in [1.82, 2.24) is 15.1 Å². The third-order valence-electron chi connectivity index (χ3n) is 4.23. The first-order valence-corrected chi connectivity index (χ1v) is 7.24. The van der Waals surface area contributed by atoms with Gasteiger partial charge in [-0.05, 0) is 49.1 Å². The van der Waals surface area contributed by atoms with Crippen molar-refractivity contribution in [2.24, 2.45) is 18.4 Å². The standard InChI is InChI=1S/C15H27N3/c1-5-8-16-14(13-9-15(13,2)3)7-6-12-10-17-18(4)11-12/h10-11,13-14,16H,5-9H2,1-4H3. The highest BCUT2D eigenvalue weighted by atomic mass is 15.2. The molecule has 2 rings (SSSR count). The second-order valence-electron chi connectivity index (χ2n) is 6.42. The zero-order chi connectivity index (χ0) is 13.2. The maximum absolute atomic E-state index is 4.24. The van der Waals surface area contributed by atoms with Crippen molar-refractivity contribution in [1.29, 1.82) is 0 Å². The number of nitrogens with one attached hydrogen (secondary N) is 1. The molecule has 0 spiro atoms. The van der Waals surface area contributed by atoms with Crippen LogP contribution in [-0.2, 0) is 13.5 Å². The van der Waals surface area contributed by atoms with Crippen LogP contribution in [0.4, 0.5) is 0 Å². The molecule has 1 fully saturated rings. The highest BCUT2D eigenvalue weighted by Gasteiger charge is 2.49. The molecular formula is C15H27N3. The molecule has 2 unspecified atom stereocenters. The molecule has 0 aliphatic heterocycles. The summed E-state index contributed by atoms with van der Waals surface area (Å²) in [6.07, 6.45) is 9.10. The van der Waals surface area contributed by atoms with Crippen LogP contribution in [0.3, 0.4) is 0 Å². The first-order valence-electron chi connectivity index (χ1n) is 7.24. The summed E-state index contributed by atoms with van der Waals surface area (Å²) < 4.78 is 1.89. The summed E-state index contributed by atoms with van der Waals surface area (Å²) in [7, 11) is 1.99. The Kier molecular flexibility index (Phi) is 4.10. The van der Waals surface area contributed by atoms with E-state index in [1.54, 1.807) is 0 Å². The molecular weight excluding hydrogens is 222 g/mol. The summed E-state index contributed by atoms with van der Waals surface area (Å²) >= 11 is 0. The average Bonchev–Trinajstić information content (AvgIpc) is 2.74. The van der Waals surface area contributed by atoms with E-state index in [4.69, 9.17) is 0 Å². The Bertz CT molecular complexity index is 381. The molecule has 0 bridgehead atoms. The lowest BCUT2D eigenvalue weighted by Gasteiger charge is -2.20. The summed E-state index contributed by atoms with van der Waals surface area (Å²) in [4.78, 5) is 0. The van der Waals surface area contributed by atoms with Gasteiger partial charge in [-0.15, -0.1) is 0 Å². The van der Waals surface area contributed by atoms with Gasteiger partial charge in [0.1, 0.15) is 0 Å². The molecule has 1 aliphatic carbocycles. The van der Waals surface area contributed by atoms with Gasteiger partial charge in [0.2, 0.25) is 0 Å². The quantitative estimate of drug-likeness (QED) is 0.805. The molecule has 3 heteroatoms. The van der Waals surface area contributed by atoms with Gasteiger partial charge in [0.05, 0.1) is 6.20 Å². The monoisotopic (exact) mass is 249 g/mol. The fourth-order valence-electron chi connectivity index (χ4n) is 2.89. The number of aryl methyl sites for hydroxylation is 2. The Hall–Kier alpha value is -0.830. The van der Waals surface area contributed by atoms with Crippen LogP contribution in [0.5, 0.6) is 0 Å². The fourth-order valence-corrected chi connectivity index (χ4v) is 2.89. The van der Waals surface area contributed by atoms with Crippen molar-refractivity contribution in [3.8, 4) is 0 Å². The molecule has 1 aromatic heterocycles. The Morgan fingerprint density at radius 3 is 2.78 bits per heavy atom. The van der Waals surface area contributed by atoms with Crippen molar-refractivity contribution < 1.29 is 0 Å². The molecule has 1 aliphatic rings. The highest BCUT2D eigenvalue weighted by molar-refractivity contribution is 5.07. The third kappa shape index (κ3) is 3.35. The lowest BCUT2D eigenvalue weighted by molar-refractivity contribution is 0.385. The number of hydrogen-bond donors (Lipinski definition) is 1.